The van der Waals surface area contributed by atoms with Gasteiger partial charge in [-0.15, -0.1) is 6.58 Å². The average Bonchev–Trinajstić information content (AvgIpc) is 3.21. The van der Waals surface area contributed by atoms with Crippen LogP contribution in [-0.4, -0.2) is 83.8 Å². The molecular weight excluding hydrogens is 484 g/mol. The number of nitrogens with one attached hydrogen (secondary N) is 2. The van der Waals surface area contributed by atoms with Gasteiger partial charge in [-0.3, -0.25) is 19.2 Å². The van der Waals surface area contributed by atoms with Gasteiger partial charge in [-0.1, -0.05) is 49.8 Å². The van der Waals surface area contributed by atoms with Crippen LogP contribution >= 0.6 is 0 Å². The molecule has 2 rings (SSSR count). The van der Waals surface area contributed by atoms with Gasteiger partial charge >= 0.3 is 18.1 Å². The summed E-state index contributed by atoms with van der Waals surface area (Å²) in [6.07, 6.45) is 0.923. The Balaban J connectivity index is 2.22. The highest BCUT2D eigenvalue weighted by Crippen LogP contribution is 2.19. The average molecular weight is 517 g/mol. The summed E-state index contributed by atoms with van der Waals surface area (Å²) >= 11 is 0. The summed E-state index contributed by atoms with van der Waals surface area (Å²) < 4.78 is 10.1. The van der Waals surface area contributed by atoms with Crippen LogP contribution in [0, 0.1) is 0 Å². The number of imide groups is 1. The molecule has 12 heteroatoms. The molecule has 1 aliphatic heterocycles. The molecule has 2 N–H and O–H groups in total. The molecule has 200 valence electrons. The van der Waals surface area contributed by atoms with E-state index in [-0.39, 0.29) is 32.7 Å². The molecular formula is C25H32N4O8. The summed E-state index contributed by atoms with van der Waals surface area (Å²) in [5.41, 5.74) is 0.658. The van der Waals surface area contributed by atoms with Crippen LogP contribution in [0.3, 0.4) is 0 Å². The lowest BCUT2D eigenvalue weighted by molar-refractivity contribution is -0.143. The standard InChI is InChI=1S/C25H32N4O8/c1-4-10-18(21(31)23(33)26-13-5-2)27-22(32)19-14-28(15-20(30)36-6-3)24(34)29(19)25(35)37-16-17-11-8-7-9-12-17/h5,7-9,11-12,18-19H,2,4,6,10,13-16H2,1,3H3,(H,26,33)(H,27,32). The number of ketones is 1. The van der Waals surface area contributed by atoms with Crippen molar-refractivity contribution in [2.75, 3.05) is 26.2 Å². The number of amides is 5. The molecule has 1 fully saturated rings. The number of carbonyl (C=O) groups is 6. The highest BCUT2D eigenvalue weighted by atomic mass is 16.6. The van der Waals surface area contributed by atoms with Crippen LogP contribution in [0.2, 0.25) is 0 Å². The number of hydrogen-bond acceptors (Lipinski definition) is 8. The topological polar surface area (TPSA) is 151 Å². The third-order valence-corrected chi connectivity index (χ3v) is 5.35. The van der Waals surface area contributed by atoms with E-state index in [0.29, 0.717) is 16.9 Å². The van der Waals surface area contributed by atoms with Gasteiger partial charge < -0.3 is 25.0 Å². The molecule has 5 amide bonds. The first-order valence-corrected chi connectivity index (χ1v) is 11.9. The molecule has 1 aliphatic rings. The Hall–Kier alpha value is -4.22. The molecule has 1 aromatic rings. The molecule has 1 saturated heterocycles. The van der Waals surface area contributed by atoms with Crippen molar-refractivity contribution in [1.29, 1.82) is 0 Å². The minimum absolute atomic E-state index is 0.0678. The number of rotatable bonds is 13. The molecule has 0 aliphatic carbocycles. The van der Waals surface area contributed by atoms with E-state index in [1.54, 1.807) is 44.2 Å². The lowest BCUT2D eigenvalue weighted by Crippen LogP contribution is -2.54. The highest BCUT2D eigenvalue weighted by molar-refractivity contribution is 6.38. The predicted molar refractivity (Wildman–Crippen MR) is 131 cm³/mol. The Morgan fingerprint density at radius 1 is 1.14 bits per heavy atom. The van der Waals surface area contributed by atoms with Crippen LogP contribution in [-0.2, 0) is 35.3 Å². The van der Waals surface area contributed by atoms with Gasteiger partial charge in [0.2, 0.25) is 11.7 Å². The van der Waals surface area contributed by atoms with Crippen LogP contribution in [0.1, 0.15) is 32.3 Å². The van der Waals surface area contributed by atoms with E-state index in [2.05, 4.69) is 17.2 Å². The van der Waals surface area contributed by atoms with Crippen LogP contribution in [0.4, 0.5) is 9.59 Å². The molecule has 1 aromatic carbocycles. The van der Waals surface area contributed by atoms with E-state index >= 15 is 0 Å². The maximum Gasteiger partial charge on any atom is 0.419 e. The number of hydrogen-bond donors (Lipinski definition) is 2. The van der Waals surface area contributed by atoms with Gasteiger partial charge in [0.15, 0.2) is 0 Å². The predicted octanol–water partition coefficient (Wildman–Crippen LogP) is 1.15. The van der Waals surface area contributed by atoms with E-state index in [1.165, 1.54) is 6.08 Å². The third kappa shape index (κ3) is 8.16. The van der Waals surface area contributed by atoms with Crippen molar-refractivity contribution in [3.63, 3.8) is 0 Å². The van der Waals surface area contributed by atoms with Crippen LogP contribution in [0.15, 0.2) is 43.0 Å². The fourth-order valence-corrected chi connectivity index (χ4v) is 3.58. The Bertz CT molecular complexity index is 1010. The monoisotopic (exact) mass is 516 g/mol. The molecule has 12 nitrogen and oxygen atoms in total. The van der Waals surface area contributed by atoms with E-state index in [1.807, 2.05) is 0 Å². The van der Waals surface area contributed by atoms with Crippen molar-refractivity contribution in [2.24, 2.45) is 0 Å². The minimum Gasteiger partial charge on any atom is -0.465 e. The number of urea groups is 1. The summed E-state index contributed by atoms with van der Waals surface area (Å²) in [7, 11) is 0. The summed E-state index contributed by atoms with van der Waals surface area (Å²) in [5, 5.41) is 4.84. The largest absolute Gasteiger partial charge is 0.465 e. The molecule has 0 saturated carbocycles. The lowest BCUT2D eigenvalue weighted by atomic mass is 10.1. The normalized spacial score (nSPS) is 15.5. The molecule has 37 heavy (non-hydrogen) atoms. The van der Waals surface area contributed by atoms with Crippen molar-refractivity contribution in [2.45, 2.75) is 45.4 Å². The first-order chi connectivity index (χ1) is 17.7. The van der Waals surface area contributed by atoms with Crippen molar-refractivity contribution in [1.82, 2.24) is 20.4 Å². The van der Waals surface area contributed by atoms with E-state index in [0.717, 1.165) is 4.90 Å². The Morgan fingerprint density at radius 3 is 2.46 bits per heavy atom. The number of Topliss-reactive ketones (excluding diaryl/α,β-unsaturated/α-hetero) is 1. The number of esters is 1. The van der Waals surface area contributed by atoms with Crippen LogP contribution in [0.25, 0.3) is 0 Å². The second-order valence-electron chi connectivity index (χ2n) is 8.11. The molecule has 2 atom stereocenters. The second-order valence-corrected chi connectivity index (χ2v) is 8.11. The van der Waals surface area contributed by atoms with Crippen molar-refractivity contribution in [3.05, 3.63) is 48.6 Å². The SMILES string of the molecule is C=CCNC(=O)C(=O)C(CCC)NC(=O)C1CN(CC(=O)OCC)C(=O)N1C(=O)OCc1ccccc1. The molecule has 0 radical (unpaired) electrons. The summed E-state index contributed by atoms with van der Waals surface area (Å²) in [5.74, 6) is -3.33. The Labute approximate surface area is 214 Å². The van der Waals surface area contributed by atoms with Gasteiger partial charge in [0.1, 0.15) is 19.2 Å². The Kier molecular flexibility index (Phi) is 11.3. The zero-order chi connectivity index (χ0) is 27.4. The van der Waals surface area contributed by atoms with Gasteiger partial charge in [-0.2, -0.15) is 0 Å². The molecule has 1 heterocycles. The third-order valence-electron chi connectivity index (χ3n) is 5.35. The molecule has 2 unspecified atom stereocenters. The maximum absolute atomic E-state index is 13.2. The zero-order valence-electron chi connectivity index (χ0n) is 20.9. The second kappa shape index (κ2) is 14.4. The van der Waals surface area contributed by atoms with Gasteiger partial charge in [0.25, 0.3) is 5.91 Å². The quantitative estimate of drug-likeness (QED) is 0.225. The van der Waals surface area contributed by atoms with E-state index in [4.69, 9.17) is 9.47 Å². The van der Waals surface area contributed by atoms with Gasteiger partial charge in [0, 0.05) is 6.54 Å². The zero-order valence-corrected chi connectivity index (χ0v) is 20.9. The van der Waals surface area contributed by atoms with Crippen LogP contribution in [0.5, 0.6) is 0 Å². The van der Waals surface area contributed by atoms with Crippen molar-refractivity contribution in [3.8, 4) is 0 Å². The number of nitrogens with zero attached hydrogens (tertiary/aromatic N) is 2. The fraction of sp³-hybridized carbons (Fsp3) is 0.440. The van der Waals surface area contributed by atoms with Crippen molar-refractivity contribution >= 4 is 35.7 Å². The minimum atomic E-state index is -1.41. The fourth-order valence-electron chi connectivity index (χ4n) is 3.58. The van der Waals surface area contributed by atoms with Gasteiger partial charge in [-0.25, -0.2) is 14.5 Å². The number of ether oxygens (including phenoxy) is 2. The number of carbonyl (C=O) groups excluding carboxylic acids is 6. The van der Waals surface area contributed by atoms with Gasteiger partial charge in [0.05, 0.1) is 19.2 Å². The van der Waals surface area contributed by atoms with Crippen LogP contribution < -0.4 is 10.6 Å². The molecule has 0 bridgehead atoms. The van der Waals surface area contributed by atoms with E-state index < -0.39 is 54.3 Å². The smallest absolute Gasteiger partial charge is 0.419 e. The molecule has 0 aromatic heterocycles. The first kappa shape index (κ1) is 29.0. The molecule has 0 spiro atoms. The summed E-state index contributed by atoms with van der Waals surface area (Å²) in [6.45, 7) is 6.01. The first-order valence-electron chi connectivity index (χ1n) is 11.9. The highest BCUT2D eigenvalue weighted by Gasteiger charge is 2.47. The van der Waals surface area contributed by atoms with Gasteiger partial charge in [-0.05, 0) is 18.9 Å². The lowest BCUT2D eigenvalue weighted by Gasteiger charge is -2.23. The maximum atomic E-state index is 13.2. The summed E-state index contributed by atoms with van der Waals surface area (Å²) in [4.78, 5) is 77.4. The van der Waals surface area contributed by atoms with Crippen molar-refractivity contribution < 1.29 is 38.2 Å². The summed E-state index contributed by atoms with van der Waals surface area (Å²) in [6, 6.07) is 5.20. The number of benzene rings is 1. The van der Waals surface area contributed by atoms with E-state index in [9.17, 15) is 28.8 Å². The Morgan fingerprint density at radius 2 is 1.84 bits per heavy atom.